The normalized spacial score (nSPS) is 24.1. The van der Waals surface area contributed by atoms with Crippen molar-refractivity contribution in [1.82, 2.24) is 20.4 Å². The number of benzene rings is 1. The molecule has 2 amide bonds. The van der Waals surface area contributed by atoms with E-state index >= 15 is 0 Å². The van der Waals surface area contributed by atoms with E-state index in [1.54, 1.807) is 24.4 Å². The Morgan fingerprint density at radius 1 is 1.39 bits per heavy atom. The number of nitrogens with zero attached hydrogens (tertiary/aromatic N) is 3. The zero-order valence-corrected chi connectivity index (χ0v) is 18.6. The number of ether oxygens (including phenoxy) is 1. The van der Waals surface area contributed by atoms with Gasteiger partial charge >= 0.3 is 6.09 Å². The average Bonchev–Trinajstić information content (AvgIpc) is 3.41. The summed E-state index contributed by atoms with van der Waals surface area (Å²) in [5, 5.41) is 11.2. The molecule has 0 unspecified atom stereocenters. The highest BCUT2D eigenvalue weighted by Gasteiger charge is 2.52. The zero-order valence-electron chi connectivity index (χ0n) is 18.6. The van der Waals surface area contributed by atoms with Crippen LogP contribution in [0, 0.1) is 5.92 Å². The van der Waals surface area contributed by atoms with Crippen LogP contribution in [0.5, 0.6) is 0 Å². The van der Waals surface area contributed by atoms with Gasteiger partial charge in [0.15, 0.2) is 0 Å². The Labute approximate surface area is 182 Å². The van der Waals surface area contributed by atoms with Crippen molar-refractivity contribution in [3.63, 3.8) is 0 Å². The highest BCUT2D eigenvalue weighted by Crippen LogP contribution is 2.43. The van der Waals surface area contributed by atoms with Crippen molar-refractivity contribution >= 4 is 29.1 Å². The molecule has 2 N–H and O–H groups in total. The second kappa shape index (κ2) is 8.32. The molecule has 1 saturated carbocycles. The van der Waals surface area contributed by atoms with E-state index in [0.29, 0.717) is 6.42 Å². The summed E-state index contributed by atoms with van der Waals surface area (Å²) >= 11 is 0. The van der Waals surface area contributed by atoms with Gasteiger partial charge in [0.25, 0.3) is 0 Å². The number of aromatic nitrogens is 2. The summed E-state index contributed by atoms with van der Waals surface area (Å²) in [5.41, 5.74) is 1.43. The fourth-order valence-electron chi connectivity index (χ4n) is 4.86. The first kappa shape index (κ1) is 21.3. The van der Waals surface area contributed by atoms with Crippen molar-refractivity contribution in [3.05, 3.63) is 30.0 Å². The maximum absolute atomic E-state index is 13.3. The Kier molecular flexibility index (Phi) is 5.73. The van der Waals surface area contributed by atoms with Crippen molar-refractivity contribution in [2.75, 3.05) is 7.05 Å². The Hall–Kier alpha value is -2.90. The van der Waals surface area contributed by atoms with E-state index in [0.717, 1.165) is 35.7 Å². The number of carbonyl (C=O) groups excluding carboxylic acids is 2. The van der Waals surface area contributed by atoms with Crippen molar-refractivity contribution in [2.45, 2.75) is 70.2 Å². The molecule has 0 spiro atoms. The van der Waals surface area contributed by atoms with Gasteiger partial charge in [-0.15, -0.1) is 0 Å². The van der Waals surface area contributed by atoms with Crippen molar-refractivity contribution < 1.29 is 14.3 Å². The van der Waals surface area contributed by atoms with Crippen molar-refractivity contribution in [2.24, 2.45) is 10.9 Å². The van der Waals surface area contributed by atoms with E-state index < -0.39 is 17.7 Å². The number of likely N-dealkylation sites (tertiary alicyclic amines) is 1. The number of rotatable bonds is 5. The quantitative estimate of drug-likeness (QED) is 0.719. The lowest BCUT2D eigenvalue weighted by Gasteiger charge is -2.36. The number of hydrogen-bond donors (Lipinski definition) is 2. The third-order valence-electron chi connectivity index (χ3n) is 6.08. The minimum atomic E-state index is -0.595. The number of nitrogens with one attached hydrogen (secondary N) is 2. The van der Waals surface area contributed by atoms with Gasteiger partial charge in [-0.05, 0) is 64.0 Å². The van der Waals surface area contributed by atoms with Gasteiger partial charge in [-0.25, -0.2) is 4.79 Å². The van der Waals surface area contributed by atoms with E-state index in [1.165, 1.54) is 0 Å². The molecule has 2 aliphatic rings. The van der Waals surface area contributed by atoms with Crippen LogP contribution in [0.4, 0.5) is 4.79 Å². The molecule has 31 heavy (non-hydrogen) atoms. The fourth-order valence-corrected chi connectivity index (χ4v) is 4.86. The van der Waals surface area contributed by atoms with E-state index in [1.807, 2.05) is 39.0 Å². The Morgan fingerprint density at radius 2 is 2.19 bits per heavy atom. The van der Waals surface area contributed by atoms with Gasteiger partial charge in [0.1, 0.15) is 11.6 Å². The summed E-state index contributed by atoms with van der Waals surface area (Å²) < 4.78 is 5.61. The van der Waals surface area contributed by atoms with Gasteiger partial charge in [0.05, 0.1) is 17.8 Å². The predicted molar refractivity (Wildman–Crippen MR) is 119 cm³/mol. The second-order valence-corrected chi connectivity index (χ2v) is 9.58. The average molecular weight is 426 g/mol. The molecule has 4 atom stereocenters. The smallest absolute Gasteiger partial charge is 0.411 e. The number of hydrogen-bond acceptors (Lipinski definition) is 5. The summed E-state index contributed by atoms with van der Waals surface area (Å²) in [6.07, 6.45) is 6.49. The topological polar surface area (TPSA) is 99.7 Å². The Balaban J connectivity index is 1.48. The summed E-state index contributed by atoms with van der Waals surface area (Å²) in [6.45, 7) is 5.54. The molecule has 1 aromatic heterocycles. The van der Waals surface area contributed by atoms with E-state index in [-0.39, 0.29) is 23.9 Å². The first-order valence-corrected chi connectivity index (χ1v) is 10.9. The summed E-state index contributed by atoms with van der Waals surface area (Å²) in [4.78, 5) is 32.0. The lowest BCUT2D eigenvalue weighted by Crippen LogP contribution is -2.55. The van der Waals surface area contributed by atoms with Crippen molar-refractivity contribution in [3.8, 4) is 0 Å². The van der Waals surface area contributed by atoms with E-state index in [4.69, 9.17) is 4.74 Å². The molecule has 8 heteroatoms. The van der Waals surface area contributed by atoms with Crippen LogP contribution < -0.4 is 5.32 Å². The number of aromatic amines is 1. The van der Waals surface area contributed by atoms with E-state index in [9.17, 15) is 9.59 Å². The molecular weight excluding hydrogens is 394 g/mol. The van der Waals surface area contributed by atoms with Gasteiger partial charge in [0, 0.05) is 24.7 Å². The molecule has 4 rings (SSSR count). The zero-order chi connectivity index (χ0) is 22.2. The largest absolute Gasteiger partial charge is 0.444 e. The number of amides is 2. The SMILES string of the molecule is CN=C[C@H](Cc1ccc2cn[nH]c2c1)NC(=O)[C@@H]1[C@H]2CC[C@H](C2)N1C(=O)OC(C)(C)C. The summed E-state index contributed by atoms with van der Waals surface area (Å²) in [7, 11) is 1.70. The van der Waals surface area contributed by atoms with E-state index in [2.05, 4.69) is 20.5 Å². The first-order valence-electron chi connectivity index (χ1n) is 10.9. The molecule has 1 saturated heterocycles. The van der Waals surface area contributed by atoms with Crippen LogP contribution in [0.25, 0.3) is 10.9 Å². The third kappa shape index (κ3) is 4.57. The van der Waals surface area contributed by atoms with Gasteiger partial charge in [0.2, 0.25) is 5.91 Å². The van der Waals surface area contributed by atoms with Crippen molar-refractivity contribution in [1.29, 1.82) is 0 Å². The highest BCUT2D eigenvalue weighted by atomic mass is 16.6. The standard InChI is InChI=1S/C23H31N5O3/c1-23(2,3)31-22(30)28-18-8-7-15(11-18)20(28)21(29)26-17(13-24-4)9-14-5-6-16-12-25-27-19(16)10-14/h5-6,10,12-13,15,17-18,20H,7-9,11H2,1-4H3,(H,25,27)(H,26,29)/t15-,17-,18+,20-/m0/s1. The van der Waals surface area contributed by atoms with Crippen LogP contribution in [-0.2, 0) is 16.0 Å². The maximum Gasteiger partial charge on any atom is 0.411 e. The molecule has 2 aromatic rings. The molecular formula is C23H31N5O3. The molecule has 1 aromatic carbocycles. The Morgan fingerprint density at radius 3 is 2.94 bits per heavy atom. The van der Waals surface area contributed by atoms with Crippen LogP contribution in [0.3, 0.4) is 0 Å². The number of carbonyl (C=O) groups is 2. The monoisotopic (exact) mass is 425 g/mol. The van der Waals surface area contributed by atoms with Crippen LogP contribution in [0.15, 0.2) is 29.4 Å². The molecule has 0 radical (unpaired) electrons. The molecule has 2 fully saturated rings. The van der Waals surface area contributed by atoms with Gasteiger partial charge < -0.3 is 10.1 Å². The number of fused-ring (bicyclic) bond motifs is 3. The predicted octanol–water partition coefficient (Wildman–Crippen LogP) is 3.08. The number of piperidine rings is 1. The second-order valence-electron chi connectivity index (χ2n) is 9.58. The molecule has 8 nitrogen and oxygen atoms in total. The summed E-state index contributed by atoms with van der Waals surface area (Å²) in [5.74, 6) is 0.0451. The van der Waals surface area contributed by atoms with Crippen LogP contribution >= 0.6 is 0 Å². The first-order chi connectivity index (χ1) is 14.7. The molecule has 166 valence electrons. The number of aliphatic imine (C=N–C) groups is 1. The molecule has 2 heterocycles. The van der Waals surface area contributed by atoms with Gasteiger partial charge in [-0.1, -0.05) is 12.1 Å². The lowest BCUT2D eigenvalue weighted by molar-refractivity contribution is -0.128. The van der Waals surface area contributed by atoms with Crippen LogP contribution in [0.1, 0.15) is 45.6 Å². The van der Waals surface area contributed by atoms with Gasteiger partial charge in [-0.2, -0.15) is 5.10 Å². The molecule has 1 aliphatic carbocycles. The minimum absolute atomic E-state index is 0.0803. The summed E-state index contributed by atoms with van der Waals surface area (Å²) in [6, 6.07) is 5.40. The molecule has 2 bridgehead atoms. The van der Waals surface area contributed by atoms with Gasteiger partial charge in [-0.3, -0.25) is 19.8 Å². The highest BCUT2D eigenvalue weighted by molar-refractivity contribution is 5.89. The van der Waals surface area contributed by atoms with Crippen LogP contribution in [-0.4, -0.2) is 64.1 Å². The maximum atomic E-state index is 13.3. The Bertz CT molecular complexity index is 993. The number of H-pyrrole nitrogens is 1. The minimum Gasteiger partial charge on any atom is -0.444 e. The van der Waals surface area contributed by atoms with Crippen LogP contribution in [0.2, 0.25) is 0 Å². The third-order valence-corrected chi connectivity index (χ3v) is 6.08. The fraction of sp³-hybridized carbons (Fsp3) is 0.565. The lowest BCUT2D eigenvalue weighted by atomic mass is 9.97. The molecule has 1 aliphatic heterocycles.